The van der Waals surface area contributed by atoms with E-state index in [-0.39, 0.29) is 5.38 Å². The molecule has 0 fully saturated rings. The summed E-state index contributed by atoms with van der Waals surface area (Å²) in [6, 6.07) is 0. The number of rotatable bonds is 5. The second-order valence-corrected chi connectivity index (χ2v) is 6.09. The average molecular weight is 247 g/mol. The molecular formula is C11H19ClN2S. The molecule has 0 spiro atoms. The molecule has 1 rings (SSSR count). The molecule has 0 saturated carbocycles. The van der Waals surface area contributed by atoms with Crippen LogP contribution in [0.15, 0.2) is 0 Å². The molecule has 0 saturated heterocycles. The van der Waals surface area contributed by atoms with Crippen LogP contribution in [0.1, 0.15) is 28.9 Å². The number of aromatic nitrogens is 1. The zero-order valence-electron chi connectivity index (χ0n) is 9.88. The second kappa shape index (κ2) is 5.83. The molecule has 0 aromatic carbocycles. The first-order valence-electron chi connectivity index (χ1n) is 5.24. The van der Waals surface area contributed by atoms with Crippen molar-refractivity contribution in [3.63, 3.8) is 0 Å². The maximum Gasteiger partial charge on any atom is 0.107 e. The first-order valence-corrected chi connectivity index (χ1v) is 6.50. The fourth-order valence-electron chi connectivity index (χ4n) is 1.32. The molecule has 0 aliphatic rings. The first-order chi connectivity index (χ1) is 6.99. The van der Waals surface area contributed by atoms with Crippen LogP contribution in [-0.2, 0) is 6.54 Å². The topological polar surface area (TPSA) is 16.1 Å². The summed E-state index contributed by atoms with van der Waals surface area (Å²) in [5.74, 6) is 0. The lowest BCUT2D eigenvalue weighted by Gasteiger charge is -2.15. The van der Waals surface area contributed by atoms with Crippen molar-refractivity contribution in [2.75, 3.05) is 13.6 Å². The average Bonchev–Trinajstić information content (AvgIpc) is 2.42. The smallest absolute Gasteiger partial charge is 0.107 e. The van der Waals surface area contributed by atoms with Crippen molar-refractivity contribution in [1.82, 2.24) is 9.88 Å². The molecule has 0 aliphatic carbocycles. The lowest BCUT2D eigenvalue weighted by molar-refractivity contribution is 0.321. The van der Waals surface area contributed by atoms with Gasteiger partial charge in [0, 0.05) is 10.3 Å². The lowest BCUT2D eigenvalue weighted by atomic mass is 10.3. The van der Waals surface area contributed by atoms with Crippen LogP contribution in [0.25, 0.3) is 0 Å². The summed E-state index contributed by atoms with van der Waals surface area (Å²) in [4.78, 5) is 8.12. The molecule has 1 unspecified atom stereocenters. The number of hydrogen-bond acceptors (Lipinski definition) is 3. The third kappa shape index (κ3) is 4.49. The molecule has 1 aromatic rings. The predicted molar refractivity (Wildman–Crippen MR) is 67.9 cm³/mol. The van der Waals surface area contributed by atoms with Crippen LogP contribution < -0.4 is 0 Å². The van der Waals surface area contributed by atoms with E-state index in [9.17, 15) is 0 Å². The molecular weight excluding hydrogens is 228 g/mol. The van der Waals surface area contributed by atoms with E-state index < -0.39 is 0 Å². The van der Waals surface area contributed by atoms with E-state index in [0.717, 1.165) is 25.2 Å². The van der Waals surface area contributed by atoms with Gasteiger partial charge in [-0.2, -0.15) is 0 Å². The van der Waals surface area contributed by atoms with Crippen LogP contribution in [0.4, 0.5) is 0 Å². The number of nitrogens with zero attached hydrogens (tertiary/aromatic N) is 2. The summed E-state index contributed by atoms with van der Waals surface area (Å²) in [6.45, 7) is 8.19. The highest BCUT2D eigenvalue weighted by Crippen LogP contribution is 2.17. The van der Waals surface area contributed by atoms with Crippen LogP contribution in [-0.4, -0.2) is 28.9 Å². The minimum atomic E-state index is 0.257. The van der Waals surface area contributed by atoms with Crippen molar-refractivity contribution < 1.29 is 0 Å². The Bertz CT molecular complexity index is 290. The van der Waals surface area contributed by atoms with E-state index in [0.29, 0.717) is 0 Å². The van der Waals surface area contributed by atoms with Crippen molar-refractivity contribution in [2.45, 2.75) is 39.1 Å². The number of aryl methyl sites for hydroxylation is 2. The molecule has 86 valence electrons. The van der Waals surface area contributed by atoms with Gasteiger partial charge in [0.15, 0.2) is 0 Å². The van der Waals surface area contributed by atoms with E-state index >= 15 is 0 Å². The molecule has 0 N–H and O–H groups in total. The predicted octanol–water partition coefficient (Wildman–Crippen LogP) is 3.21. The molecule has 1 aromatic heterocycles. The number of thiazole rings is 1. The van der Waals surface area contributed by atoms with Gasteiger partial charge in [-0.3, -0.25) is 4.90 Å². The van der Waals surface area contributed by atoms with E-state index in [1.54, 1.807) is 11.3 Å². The Balaban J connectivity index is 2.40. The normalized spacial score (nSPS) is 13.5. The first kappa shape index (κ1) is 12.9. The molecule has 0 amide bonds. The summed E-state index contributed by atoms with van der Waals surface area (Å²) in [7, 11) is 2.12. The Labute approximate surface area is 101 Å². The molecule has 15 heavy (non-hydrogen) atoms. The minimum absolute atomic E-state index is 0.257. The van der Waals surface area contributed by atoms with Gasteiger partial charge in [-0.25, -0.2) is 4.98 Å². The highest BCUT2D eigenvalue weighted by molar-refractivity contribution is 7.11. The molecule has 0 radical (unpaired) electrons. The highest BCUT2D eigenvalue weighted by Gasteiger charge is 2.07. The maximum atomic E-state index is 5.91. The molecule has 1 heterocycles. The molecule has 1 atom stereocenters. The summed E-state index contributed by atoms with van der Waals surface area (Å²) < 4.78 is 0. The standard InChI is InChI=1S/C11H19ClN2S/c1-8(12)5-6-14(4)7-11-13-9(2)10(3)15-11/h8H,5-7H2,1-4H3. The van der Waals surface area contributed by atoms with Gasteiger partial charge in [-0.15, -0.1) is 22.9 Å². The van der Waals surface area contributed by atoms with Crippen molar-refractivity contribution >= 4 is 22.9 Å². The quantitative estimate of drug-likeness (QED) is 0.742. The SMILES string of the molecule is Cc1nc(CN(C)CCC(C)Cl)sc1C. The summed E-state index contributed by atoms with van der Waals surface area (Å²) in [5, 5.41) is 1.46. The van der Waals surface area contributed by atoms with Crippen LogP contribution in [0.2, 0.25) is 0 Å². The van der Waals surface area contributed by atoms with Gasteiger partial charge in [0.1, 0.15) is 5.01 Å². The highest BCUT2D eigenvalue weighted by atomic mass is 35.5. The third-order valence-electron chi connectivity index (χ3n) is 2.39. The van der Waals surface area contributed by atoms with Gasteiger partial charge >= 0.3 is 0 Å². The second-order valence-electron chi connectivity index (χ2n) is 4.06. The van der Waals surface area contributed by atoms with Gasteiger partial charge in [-0.1, -0.05) is 0 Å². The van der Waals surface area contributed by atoms with Crippen molar-refractivity contribution in [3.8, 4) is 0 Å². The van der Waals surface area contributed by atoms with Crippen molar-refractivity contribution in [3.05, 3.63) is 15.6 Å². The Morgan fingerprint density at radius 2 is 2.13 bits per heavy atom. The molecule has 4 heteroatoms. The van der Waals surface area contributed by atoms with E-state index in [2.05, 4.69) is 30.8 Å². The van der Waals surface area contributed by atoms with Gasteiger partial charge in [0.05, 0.1) is 12.2 Å². The minimum Gasteiger partial charge on any atom is -0.300 e. The third-order valence-corrected chi connectivity index (χ3v) is 3.66. The lowest BCUT2D eigenvalue weighted by Crippen LogP contribution is -2.20. The van der Waals surface area contributed by atoms with Crippen molar-refractivity contribution in [2.24, 2.45) is 0 Å². The zero-order valence-corrected chi connectivity index (χ0v) is 11.5. The van der Waals surface area contributed by atoms with E-state index in [4.69, 9.17) is 11.6 Å². The monoisotopic (exact) mass is 246 g/mol. The van der Waals surface area contributed by atoms with Crippen LogP contribution in [0, 0.1) is 13.8 Å². The number of halogens is 1. The van der Waals surface area contributed by atoms with E-state index in [1.165, 1.54) is 9.88 Å². The Morgan fingerprint density at radius 3 is 2.60 bits per heavy atom. The summed E-state index contributed by atoms with van der Waals surface area (Å²) in [6.07, 6.45) is 1.03. The summed E-state index contributed by atoms with van der Waals surface area (Å²) in [5.41, 5.74) is 1.16. The zero-order chi connectivity index (χ0) is 11.4. The Hall–Kier alpha value is -0.120. The van der Waals surface area contributed by atoms with Crippen molar-refractivity contribution in [1.29, 1.82) is 0 Å². The Kier molecular flexibility index (Phi) is 5.03. The molecule has 2 nitrogen and oxygen atoms in total. The molecule has 0 aliphatic heterocycles. The summed E-state index contributed by atoms with van der Waals surface area (Å²) >= 11 is 7.71. The number of hydrogen-bond donors (Lipinski definition) is 0. The fraction of sp³-hybridized carbons (Fsp3) is 0.727. The Morgan fingerprint density at radius 1 is 1.47 bits per heavy atom. The number of alkyl halides is 1. The fourth-order valence-corrected chi connectivity index (χ4v) is 2.43. The van der Waals surface area contributed by atoms with Gasteiger partial charge in [-0.05, 0) is 40.8 Å². The van der Waals surface area contributed by atoms with Crippen LogP contribution >= 0.6 is 22.9 Å². The van der Waals surface area contributed by atoms with Crippen LogP contribution in [0.3, 0.4) is 0 Å². The van der Waals surface area contributed by atoms with Gasteiger partial charge < -0.3 is 0 Å². The molecule has 0 bridgehead atoms. The van der Waals surface area contributed by atoms with E-state index in [1.807, 2.05) is 6.92 Å². The maximum absolute atomic E-state index is 5.91. The van der Waals surface area contributed by atoms with Crippen LogP contribution in [0.5, 0.6) is 0 Å². The van der Waals surface area contributed by atoms with Gasteiger partial charge in [0.2, 0.25) is 0 Å². The van der Waals surface area contributed by atoms with Gasteiger partial charge in [0.25, 0.3) is 0 Å². The largest absolute Gasteiger partial charge is 0.300 e.